The van der Waals surface area contributed by atoms with E-state index < -0.39 is 6.10 Å². The lowest BCUT2D eigenvalue weighted by Gasteiger charge is -2.18. The van der Waals surface area contributed by atoms with Crippen LogP contribution >= 0.6 is 0 Å². The first-order chi connectivity index (χ1) is 33.5. The molecule has 1 unspecified atom stereocenters. The molecule has 0 spiro atoms. The molecule has 0 aromatic heterocycles. The molecule has 0 fully saturated rings. The smallest absolute Gasteiger partial charge is 0.306 e. The fraction of sp³-hybridized carbons (Fsp3) is 0.790. The topological polar surface area (TPSA) is 78.9 Å². The number of rotatable bonds is 53. The number of allylic oxidation sites excluding steroid dienone is 10. The Morgan fingerprint density at radius 1 is 0.309 bits per heavy atom. The predicted molar refractivity (Wildman–Crippen MR) is 293 cm³/mol. The highest BCUT2D eigenvalue weighted by Crippen LogP contribution is 2.16. The van der Waals surface area contributed by atoms with Gasteiger partial charge >= 0.3 is 17.9 Å². The van der Waals surface area contributed by atoms with Crippen molar-refractivity contribution in [1.82, 2.24) is 0 Å². The van der Waals surface area contributed by atoms with E-state index in [1.54, 1.807) is 0 Å². The Kier molecular flexibility index (Phi) is 54.3. The van der Waals surface area contributed by atoms with Gasteiger partial charge in [-0.15, -0.1) is 0 Å². The molecule has 0 aliphatic heterocycles. The van der Waals surface area contributed by atoms with Gasteiger partial charge in [0, 0.05) is 19.3 Å². The molecule has 0 aromatic rings. The maximum absolute atomic E-state index is 12.9. The van der Waals surface area contributed by atoms with Crippen LogP contribution in [0.1, 0.15) is 297 Å². The van der Waals surface area contributed by atoms with Crippen molar-refractivity contribution in [2.75, 3.05) is 13.2 Å². The zero-order chi connectivity index (χ0) is 49.3. The van der Waals surface area contributed by atoms with Crippen molar-refractivity contribution in [1.29, 1.82) is 0 Å². The highest BCUT2D eigenvalue weighted by Gasteiger charge is 2.19. The van der Waals surface area contributed by atoms with E-state index in [0.717, 1.165) is 96.3 Å². The summed E-state index contributed by atoms with van der Waals surface area (Å²) in [5.41, 5.74) is 0. The first-order valence-electron chi connectivity index (χ1n) is 29.3. The molecule has 6 nitrogen and oxygen atoms in total. The molecule has 394 valence electrons. The van der Waals surface area contributed by atoms with Gasteiger partial charge in [-0.2, -0.15) is 0 Å². The normalized spacial score (nSPS) is 12.5. The third-order valence-corrected chi connectivity index (χ3v) is 12.8. The second-order valence-electron chi connectivity index (χ2n) is 19.6. The summed E-state index contributed by atoms with van der Waals surface area (Å²) in [6.07, 6.45) is 70.7. The highest BCUT2D eigenvalue weighted by atomic mass is 16.6. The van der Waals surface area contributed by atoms with Crippen molar-refractivity contribution >= 4 is 17.9 Å². The lowest BCUT2D eigenvalue weighted by atomic mass is 10.1. The van der Waals surface area contributed by atoms with Crippen LogP contribution in [0, 0.1) is 0 Å². The molecule has 0 aliphatic rings. The minimum Gasteiger partial charge on any atom is -0.462 e. The number of hydrogen-bond acceptors (Lipinski definition) is 6. The maximum atomic E-state index is 12.9. The van der Waals surface area contributed by atoms with Crippen LogP contribution in [-0.2, 0) is 28.6 Å². The van der Waals surface area contributed by atoms with Gasteiger partial charge < -0.3 is 14.2 Å². The number of unbranched alkanes of at least 4 members (excludes halogenated alkanes) is 34. The second kappa shape index (κ2) is 56.7. The quantitative estimate of drug-likeness (QED) is 0.0199. The van der Waals surface area contributed by atoms with E-state index in [0.29, 0.717) is 19.3 Å². The maximum Gasteiger partial charge on any atom is 0.306 e. The predicted octanol–water partition coefficient (Wildman–Crippen LogP) is 19.6. The van der Waals surface area contributed by atoms with Gasteiger partial charge in [-0.1, -0.05) is 248 Å². The number of carbonyl (C=O) groups is 3. The molecule has 0 radical (unpaired) electrons. The van der Waals surface area contributed by atoms with Crippen molar-refractivity contribution in [3.05, 3.63) is 60.8 Å². The summed E-state index contributed by atoms with van der Waals surface area (Å²) in [5.74, 6) is -0.908. The molecular weight excluding hydrogens is 841 g/mol. The summed E-state index contributed by atoms with van der Waals surface area (Å²) >= 11 is 0. The van der Waals surface area contributed by atoms with Crippen LogP contribution in [0.4, 0.5) is 0 Å². The monoisotopic (exact) mass is 951 g/mol. The van der Waals surface area contributed by atoms with Crippen LogP contribution < -0.4 is 0 Å². The Morgan fingerprint density at radius 3 is 0.926 bits per heavy atom. The summed E-state index contributed by atoms with van der Waals surface area (Å²) in [7, 11) is 0. The van der Waals surface area contributed by atoms with Crippen molar-refractivity contribution in [3.63, 3.8) is 0 Å². The summed E-state index contributed by atoms with van der Waals surface area (Å²) in [6.45, 7) is 6.51. The molecule has 0 N–H and O–H groups in total. The first-order valence-corrected chi connectivity index (χ1v) is 29.3. The summed E-state index contributed by atoms with van der Waals surface area (Å²) < 4.78 is 16.9. The van der Waals surface area contributed by atoms with Crippen LogP contribution in [0.5, 0.6) is 0 Å². The minimum atomic E-state index is -0.789. The van der Waals surface area contributed by atoms with Crippen LogP contribution in [0.2, 0.25) is 0 Å². The molecule has 6 heteroatoms. The van der Waals surface area contributed by atoms with Crippen molar-refractivity contribution in [3.8, 4) is 0 Å². The van der Waals surface area contributed by atoms with E-state index >= 15 is 0 Å². The molecule has 0 saturated carbocycles. The van der Waals surface area contributed by atoms with Crippen molar-refractivity contribution in [2.24, 2.45) is 0 Å². The molecule has 0 aromatic carbocycles. The van der Waals surface area contributed by atoms with E-state index in [-0.39, 0.29) is 31.1 Å². The number of esters is 3. The molecule has 0 aliphatic carbocycles. The molecular formula is C62H110O6. The molecule has 0 bridgehead atoms. The number of carbonyl (C=O) groups excluding carboxylic acids is 3. The van der Waals surface area contributed by atoms with Crippen molar-refractivity contribution in [2.45, 2.75) is 303 Å². The molecule has 0 heterocycles. The van der Waals surface area contributed by atoms with E-state index in [4.69, 9.17) is 14.2 Å². The Labute approximate surface area is 421 Å². The average molecular weight is 952 g/mol. The number of hydrogen-bond donors (Lipinski definition) is 0. The largest absolute Gasteiger partial charge is 0.462 e. The average Bonchev–Trinajstić information content (AvgIpc) is 3.34. The van der Waals surface area contributed by atoms with Gasteiger partial charge in [0.15, 0.2) is 6.10 Å². The van der Waals surface area contributed by atoms with Gasteiger partial charge in [-0.05, 0) is 89.9 Å². The van der Waals surface area contributed by atoms with Gasteiger partial charge in [-0.3, -0.25) is 14.4 Å². The summed E-state index contributed by atoms with van der Waals surface area (Å²) in [5, 5.41) is 0. The lowest BCUT2D eigenvalue weighted by Crippen LogP contribution is -2.30. The SMILES string of the molecule is CC/C=C/C=C/C=C/CCCCCCCC(=O)OCC(COC(=O)CCCCCCCCC/C=C/CCCCCCCCCC)OC(=O)CCCCCCC/C=C/CCCCCCCCCCC. The van der Waals surface area contributed by atoms with E-state index in [1.165, 1.54) is 161 Å². The van der Waals surface area contributed by atoms with E-state index in [2.05, 4.69) is 81.5 Å². The number of ether oxygens (including phenoxy) is 3. The fourth-order valence-corrected chi connectivity index (χ4v) is 8.37. The Hall–Kier alpha value is -2.89. The van der Waals surface area contributed by atoms with Gasteiger partial charge in [0.1, 0.15) is 13.2 Å². The zero-order valence-corrected chi connectivity index (χ0v) is 45.1. The van der Waals surface area contributed by atoms with Gasteiger partial charge in [0.25, 0.3) is 0 Å². The summed E-state index contributed by atoms with van der Waals surface area (Å²) in [4.78, 5) is 38.2. The lowest BCUT2D eigenvalue weighted by molar-refractivity contribution is -0.167. The Morgan fingerprint density at radius 2 is 0.588 bits per heavy atom. The van der Waals surface area contributed by atoms with Gasteiger partial charge in [0.05, 0.1) is 0 Å². The molecule has 68 heavy (non-hydrogen) atoms. The molecule has 0 amide bonds. The zero-order valence-electron chi connectivity index (χ0n) is 45.1. The van der Waals surface area contributed by atoms with Crippen LogP contribution in [0.3, 0.4) is 0 Å². The first kappa shape index (κ1) is 65.1. The fourth-order valence-electron chi connectivity index (χ4n) is 8.37. The van der Waals surface area contributed by atoms with E-state index in [9.17, 15) is 14.4 Å². The van der Waals surface area contributed by atoms with Crippen LogP contribution in [0.25, 0.3) is 0 Å². The summed E-state index contributed by atoms with van der Waals surface area (Å²) in [6, 6.07) is 0. The third kappa shape index (κ3) is 54.1. The Balaban J connectivity index is 4.37. The van der Waals surface area contributed by atoms with Crippen LogP contribution in [0.15, 0.2) is 60.8 Å². The molecule has 0 saturated heterocycles. The third-order valence-electron chi connectivity index (χ3n) is 12.8. The second-order valence-corrected chi connectivity index (χ2v) is 19.6. The van der Waals surface area contributed by atoms with Crippen molar-refractivity contribution < 1.29 is 28.6 Å². The van der Waals surface area contributed by atoms with Crippen LogP contribution in [-0.4, -0.2) is 37.2 Å². The van der Waals surface area contributed by atoms with Gasteiger partial charge in [0.2, 0.25) is 0 Å². The standard InChI is InChI=1S/C62H110O6/c1-4-7-10-13-16-19-22-25-27-29-31-33-34-37-40-43-46-49-52-55-61(64)67-58-59(57-66-60(63)54-51-48-45-42-39-36-24-21-18-15-12-9-6-3)68-62(65)56-53-50-47-44-41-38-35-32-30-28-26-23-20-17-14-11-8-5-2/h9,12,15,18,21,24,29,31-32,35,59H,4-8,10-11,13-14,16-17,19-20,22-23,25-28,30,33-34,36-58H2,1-3H3/b12-9+,18-15+,24-21+,31-29+,35-32+. The van der Waals surface area contributed by atoms with Gasteiger partial charge in [-0.25, -0.2) is 0 Å². The Bertz CT molecular complexity index is 1230. The minimum absolute atomic E-state index is 0.0856. The molecule has 1 atom stereocenters. The van der Waals surface area contributed by atoms with E-state index in [1.807, 2.05) is 0 Å². The molecule has 0 rings (SSSR count). The highest BCUT2D eigenvalue weighted by molar-refractivity contribution is 5.71.